The van der Waals surface area contributed by atoms with Gasteiger partial charge in [0.05, 0.1) is 6.61 Å². The smallest absolute Gasteiger partial charge is 0.333 e. The third-order valence-corrected chi connectivity index (χ3v) is 1.34. The van der Waals surface area contributed by atoms with Gasteiger partial charge in [-0.25, -0.2) is 4.79 Å². The molecule has 0 atom stereocenters. The molecular weight excluding hydrogens is 236 g/mol. The highest BCUT2D eigenvalue weighted by Crippen LogP contribution is 2.16. The number of ether oxygens (including phenoxy) is 2. The lowest BCUT2D eigenvalue weighted by atomic mass is 10.4. The Bertz CT molecular complexity index is 194. The first-order valence-electron chi connectivity index (χ1n) is 3.98. The van der Waals surface area contributed by atoms with Gasteiger partial charge in [-0.2, -0.15) is 0 Å². The van der Waals surface area contributed by atoms with Crippen LogP contribution in [0.5, 0.6) is 0 Å². The van der Waals surface area contributed by atoms with Gasteiger partial charge < -0.3 is 9.47 Å². The fourth-order valence-corrected chi connectivity index (χ4v) is 0.704. The summed E-state index contributed by atoms with van der Waals surface area (Å²) in [5.41, 5.74) is 0.401. The molecule has 0 radical (unpaired) electrons. The SMILES string of the molecule is C=C(C)C(=O)OCCOC(C)(C)Br. The van der Waals surface area contributed by atoms with E-state index in [1.807, 2.05) is 13.8 Å². The molecule has 0 aromatic rings. The van der Waals surface area contributed by atoms with Gasteiger partial charge in [-0.15, -0.1) is 0 Å². The number of alkyl halides is 1. The highest BCUT2D eigenvalue weighted by atomic mass is 79.9. The Morgan fingerprint density at radius 3 is 2.38 bits per heavy atom. The molecule has 3 nitrogen and oxygen atoms in total. The molecule has 0 aliphatic heterocycles. The zero-order valence-corrected chi connectivity index (χ0v) is 9.81. The maximum atomic E-state index is 10.9. The van der Waals surface area contributed by atoms with E-state index in [4.69, 9.17) is 9.47 Å². The molecule has 13 heavy (non-hydrogen) atoms. The second-order valence-electron chi connectivity index (χ2n) is 3.13. The monoisotopic (exact) mass is 250 g/mol. The summed E-state index contributed by atoms with van der Waals surface area (Å²) >= 11 is 3.29. The molecule has 0 aliphatic carbocycles. The molecule has 0 unspecified atom stereocenters. The van der Waals surface area contributed by atoms with Gasteiger partial charge in [0.1, 0.15) is 11.1 Å². The lowest BCUT2D eigenvalue weighted by Gasteiger charge is -2.17. The van der Waals surface area contributed by atoms with E-state index in [2.05, 4.69) is 22.5 Å². The Labute approximate surface area is 87.2 Å². The van der Waals surface area contributed by atoms with Gasteiger partial charge in [-0.1, -0.05) is 22.5 Å². The van der Waals surface area contributed by atoms with Gasteiger partial charge in [-0.05, 0) is 20.8 Å². The molecule has 4 heteroatoms. The van der Waals surface area contributed by atoms with E-state index < -0.39 is 0 Å². The molecule has 0 rings (SSSR count). The Morgan fingerprint density at radius 2 is 2.00 bits per heavy atom. The lowest BCUT2D eigenvalue weighted by Crippen LogP contribution is -2.19. The van der Waals surface area contributed by atoms with Crippen LogP contribution in [-0.2, 0) is 14.3 Å². The number of halogens is 1. The number of rotatable bonds is 5. The standard InChI is InChI=1S/C9H15BrO3/c1-7(2)8(11)12-5-6-13-9(3,4)10/h1,5-6H2,2-4H3. The highest BCUT2D eigenvalue weighted by molar-refractivity contribution is 9.10. The Morgan fingerprint density at radius 1 is 1.46 bits per heavy atom. The highest BCUT2D eigenvalue weighted by Gasteiger charge is 2.12. The van der Waals surface area contributed by atoms with Crippen LogP contribution in [0.3, 0.4) is 0 Å². The minimum Gasteiger partial charge on any atom is -0.460 e. The van der Waals surface area contributed by atoms with Crippen molar-refractivity contribution in [2.75, 3.05) is 13.2 Å². The fraction of sp³-hybridized carbons (Fsp3) is 0.667. The maximum absolute atomic E-state index is 10.9. The number of carbonyl (C=O) groups excluding carboxylic acids is 1. The first-order valence-corrected chi connectivity index (χ1v) is 4.78. The molecule has 0 aliphatic rings. The molecule has 0 heterocycles. The summed E-state index contributed by atoms with van der Waals surface area (Å²) in [6.07, 6.45) is 0. The van der Waals surface area contributed by atoms with Gasteiger partial charge >= 0.3 is 5.97 Å². The second kappa shape index (κ2) is 5.40. The van der Waals surface area contributed by atoms with Crippen molar-refractivity contribution in [3.05, 3.63) is 12.2 Å². The van der Waals surface area contributed by atoms with Gasteiger partial charge in [-0.3, -0.25) is 0 Å². The van der Waals surface area contributed by atoms with Crippen molar-refractivity contribution < 1.29 is 14.3 Å². The van der Waals surface area contributed by atoms with Crippen LogP contribution in [0.25, 0.3) is 0 Å². The van der Waals surface area contributed by atoms with E-state index in [1.165, 1.54) is 0 Å². The molecule has 0 spiro atoms. The Balaban J connectivity index is 3.47. The summed E-state index contributed by atoms with van der Waals surface area (Å²) in [7, 11) is 0. The number of hydrogen-bond donors (Lipinski definition) is 0. The van der Waals surface area contributed by atoms with Gasteiger partial charge in [0.15, 0.2) is 0 Å². The molecule has 0 bridgehead atoms. The van der Waals surface area contributed by atoms with Crippen molar-refractivity contribution in [1.82, 2.24) is 0 Å². The number of carbonyl (C=O) groups is 1. The number of hydrogen-bond acceptors (Lipinski definition) is 3. The van der Waals surface area contributed by atoms with Crippen molar-refractivity contribution in [3.63, 3.8) is 0 Å². The molecule has 76 valence electrons. The first-order chi connectivity index (χ1) is 5.83. The van der Waals surface area contributed by atoms with E-state index in [0.717, 1.165) is 0 Å². The minimum atomic E-state index is -0.379. The van der Waals surface area contributed by atoms with Crippen molar-refractivity contribution >= 4 is 21.9 Å². The summed E-state index contributed by atoms with van der Waals surface area (Å²) in [6.45, 7) is 9.43. The summed E-state index contributed by atoms with van der Waals surface area (Å²) in [6, 6.07) is 0. The van der Waals surface area contributed by atoms with Gasteiger partial charge in [0.2, 0.25) is 0 Å². The normalized spacial score (nSPS) is 11.1. The van der Waals surface area contributed by atoms with Crippen LogP contribution in [0.15, 0.2) is 12.2 Å². The molecule has 0 aromatic heterocycles. The first kappa shape index (κ1) is 12.7. The predicted octanol–water partition coefficient (Wildman–Crippen LogP) is 2.25. The third kappa shape index (κ3) is 7.99. The molecule has 0 fully saturated rings. The van der Waals surface area contributed by atoms with Crippen molar-refractivity contribution in [1.29, 1.82) is 0 Å². The van der Waals surface area contributed by atoms with E-state index in [1.54, 1.807) is 6.92 Å². The van der Waals surface area contributed by atoms with Crippen molar-refractivity contribution in [2.24, 2.45) is 0 Å². The van der Waals surface area contributed by atoms with E-state index in [-0.39, 0.29) is 17.1 Å². The largest absolute Gasteiger partial charge is 0.460 e. The van der Waals surface area contributed by atoms with Gasteiger partial charge in [0.25, 0.3) is 0 Å². The van der Waals surface area contributed by atoms with Crippen LogP contribution in [0.1, 0.15) is 20.8 Å². The van der Waals surface area contributed by atoms with E-state index in [0.29, 0.717) is 12.2 Å². The maximum Gasteiger partial charge on any atom is 0.333 e. The van der Waals surface area contributed by atoms with Crippen LogP contribution >= 0.6 is 15.9 Å². The third-order valence-electron chi connectivity index (χ3n) is 1.11. The van der Waals surface area contributed by atoms with Gasteiger partial charge in [0, 0.05) is 5.57 Å². The van der Waals surface area contributed by atoms with E-state index in [9.17, 15) is 4.79 Å². The van der Waals surface area contributed by atoms with Crippen LogP contribution < -0.4 is 0 Å². The predicted molar refractivity (Wildman–Crippen MR) is 54.7 cm³/mol. The van der Waals surface area contributed by atoms with E-state index >= 15 is 0 Å². The lowest BCUT2D eigenvalue weighted by molar-refractivity contribution is -0.141. The van der Waals surface area contributed by atoms with Crippen LogP contribution in [0.4, 0.5) is 0 Å². The fourth-order valence-electron chi connectivity index (χ4n) is 0.542. The second-order valence-corrected chi connectivity index (χ2v) is 5.04. The van der Waals surface area contributed by atoms with Crippen LogP contribution in [0.2, 0.25) is 0 Å². The molecule has 0 amide bonds. The molecular formula is C9H15BrO3. The van der Waals surface area contributed by atoms with Crippen molar-refractivity contribution in [3.8, 4) is 0 Å². The molecule has 0 saturated heterocycles. The summed E-state index contributed by atoms with van der Waals surface area (Å²) in [5.74, 6) is -0.379. The zero-order valence-electron chi connectivity index (χ0n) is 8.22. The summed E-state index contributed by atoms with van der Waals surface area (Å²) in [4.78, 5) is 10.9. The molecule has 0 aromatic carbocycles. The number of esters is 1. The summed E-state index contributed by atoms with van der Waals surface area (Å²) < 4.78 is 9.71. The Hall–Kier alpha value is -0.350. The zero-order chi connectivity index (χ0) is 10.5. The quantitative estimate of drug-likeness (QED) is 0.325. The average Bonchev–Trinajstić information content (AvgIpc) is 1.95. The topological polar surface area (TPSA) is 35.5 Å². The molecule has 0 saturated carbocycles. The van der Waals surface area contributed by atoms with Crippen molar-refractivity contribution in [2.45, 2.75) is 25.3 Å². The minimum absolute atomic E-state index is 0.251. The van der Waals surface area contributed by atoms with Crippen LogP contribution in [-0.4, -0.2) is 23.7 Å². The Kier molecular flexibility index (Phi) is 5.25. The molecule has 0 N–H and O–H groups in total. The van der Waals surface area contributed by atoms with Crippen LogP contribution in [0, 0.1) is 0 Å². The average molecular weight is 251 g/mol. The summed E-state index contributed by atoms with van der Waals surface area (Å²) in [5, 5.41) is 0.